The molecule has 1 aromatic carbocycles. The highest BCUT2D eigenvalue weighted by Crippen LogP contribution is 2.32. The molecule has 0 bridgehead atoms. The van der Waals surface area contributed by atoms with E-state index in [0.29, 0.717) is 0 Å². The van der Waals surface area contributed by atoms with E-state index in [2.05, 4.69) is 16.3 Å². The van der Waals surface area contributed by atoms with Gasteiger partial charge in [-0.05, 0) is 36.5 Å². The molecule has 110 valence electrons. The van der Waals surface area contributed by atoms with Gasteiger partial charge in [0.2, 0.25) is 0 Å². The maximum Gasteiger partial charge on any atom is 0.322 e. The molecule has 20 heavy (non-hydrogen) atoms. The van der Waals surface area contributed by atoms with Crippen molar-refractivity contribution < 1.29 is 9.90 Å². The standard InChI is InChI=1S/C15H20N2O2.ClH/c18-15(19)9-16-14-6-1-3-11-10-17(8-7-13(11)14)12-4-2-5-12;/h1,3,6,12,16H,2,4-5,7-10H2,(H,18,19);1H. The lowest BCUT2D eigenvalue weighted by Crippen LogP contribution is -2.43. The Balaban J connectivity index is 0.00000147. The molecule has 0 saturated heterocycles. The quantitative estimate of drug-likeness (QED) is 0.896. The van der Waals surface area contributed by atoms with Gasteiger partial charge in [-0.15, -0.1) is 12.4 Å². The third-order valence-electron chi connectivity index (χ3n) is 4.32. The zero-order chi connectivity index (χ0) is 13.2. The second-order valence-corrected chi connectivity index (χ2v) is 5.50. The highest BCUT2D eigenvalue weighted by molar-refractivity contribution is 5.85. The van der Waals surface area contributed by atoms with Crippen LogP contribution in [-0.2, 0) is 17.8 Å². The van der Waals surface area contributed by atoms with Crippen molar-refractivity contribution in [1.82, 2.24) is 4.90 Å². The first-order chi connectivity index (χ1) is 9.24. The molecule has 1 fully saturated rings. The SMILES string of the molecule is Cl.O=C(O)CNc1cccc2c1CCN(C1CCC1)C2. The summed E-state index contributed by atoms with van der Waals surface area (Å²) in [6.45, 7) is 2.11. The molecule has 0 amide bonds. The first-order valence-electron chi connectivity index (χ1n) is 7.04. The van der Waals surface area contributed by atoms with Crippen molar-refractivity contribution in [3.8, 4) is 0 Å². The molecule has 1 aliphatic carbocycles. The Morgan fingerprint density at radius 2 is 2.20 bits per heavy atom. The van der Waals surface area contributed by atoms with E-state index in [1.165, 1.54) is 30.4 Å². The van der Waals surface area contributed by atoms with Gasteiger partial charge >= 0.3 is 5.97 Å². The molecule has 2 aliphatic rings. The Morgan fingerprint density at radius 1 is 1.40 bits per heavy atom. The lowest BCUT2D eigenvalue weighted by atomic mass is 9.88. The van der Waals surface area contributed by atoms with Gasteiger partial charge in [-0.3, -0.25) is 9.69 Å². The number of fused-ring (bicyclic) bond motifs is 1. The van der Waals surface area contributed by atoms with Gasteiger partial charge in [0.15, 0.2) is 0 Å². The predicted octanol–water partition coefficient (Wildman–Crippen LogP) is 2.52. The second kappa shape index (κ2) is 6.46. The van der Waals surface area contributed by atoms with Gasteiger partial charge in [0.1, 0.15) is 6.54 Å². The van der Waals surface area contributed by atoms with E-state index in [0.717, 1.165) is 31.2 Å². The van der Waals surface area contributed by atoms with Gasteiger partial charge in [-0.2, -0.15) is 0 Å². The number of nitrogens with one attached hydrogen (secondary N) is 1. The van der Waals surface area contributed by atoms with E-state index < -0.39 is 5.97 Å². The zero-order valence-electron chi connectivity index (χ0n) is 11.5. The fraction of sp³-hybridized carbons (Fsp3) is 0.533. The molecule has 2 N–H and O–H groups in total. The lowest BCUT2D eigenvalue weighted by Gasteiger charge is -2.40. The van der Waals surface area contributed by atoms with Crippen molar-refractivity contribution in [2.75, 3.05) is 18.4 Å². The Morgan fingerprint density at radius 3 is 2.85 bits per heavy atom. The molecule has 4 nitrogen and oxygen atoms in total. The van der Waals surface area contributed by atoms with Crippen molar-refractivity contribution in [2.24, 2.45) is 0 Å². The number of benzene rings is 1. The average Bonchev–Trinajstić information content (AvgIpc) is 2.33. The summed E-state index contributed by atoms with van der Waals surface area (Å²) in [5, 5.41) is 11.8. The van der Waals surface area contributed by atoms with Crippen molar-refractivity contribution in [2.45, 2.75) is 38.3 Å². The number of hydrogen-bond acceptors (Lipinski definition) is 3. The second-order valence-electron chi connectivity index (χ2n) is 5.50. The lowest BCUT2D eigenvalue weighted by molar-refractivity contribution is -0.134. The summed E-state index contributed by atoms with van der Waals surface area (Å²) < 4.78 is 0. The van der Waals surface area contributed by atoms with Crippen LogP contribution in [0.15, 0.2) is 18.2 Å². The molecule has 0 unspecified atom stereocenters. The number of carbonyl (C=O) groups is 1. The van der Waals surface area contributed by atoms with Crippen LogP contribution in [-0.4, -0.2) is 35.1 Å². The van der Waals surface area contributed by atoms with E-state index in [1.807, 2.05) is 12.1 Å². The number of aliphatic carboxylic acids is 1. The minimum absolute atomic E-state index is 0. The van der Waals surface area contributed by atoms with Crippen LogP contribution in [0.3, 0.4) is 0 Å². The smallest absolute Gasteiger partial charge is 0.322 e. The average molecular weight is 297 g/mol. The summed E-state index contributed by atoms with van der Waals surface area (Å²) in [5.41, 5.74) is 3.65. The number of carboxylic acids is 1. The number of hydrogen-bond donors (Lipinski definition) is 2. The minimum Gasteiger partial charge on any atom is -0.480 e. The summed E-state index contributed by atoms with van der Waals surface area (Å²) in [6.07, 6.45) is 5.07. The van der Waals surface area contributed by atoms with Crippen LogP contribution in [0.25, 0.3) is 0 Å². The monoisotopic (exact) mass is 296 g/mol. The molecule has 1 saturated carbocycles. The summed E-state index contributed by atoms with van der Waals surface area (Å²) >= 11 is 0. The summed E-state index contributed by atoms with van der Waals surface area (Å²) in [7, 11) is 0. The van der Waals surface area contributed by atoms with Crippen LogP contribution in [0.5, 0.6) is 0 Å². The third-order valence-corrected chi connectivity index (χ3v) is 4.32. The molecule has 3 rings (SSSR count). The van der Waals surface area contributed by atoms with Gasteiger partial charge < -0.3 is 10.4 Å². The molecular weight excluding hydrogens is 276 g/mol. The van der Waals surface area contributed by atoms with Crippen LogP contribution in [0.4, 0.5) is 5.69 Å². The number of carboxylic acid groups (broad SMARTS) is 1. The highest BCUT2D eigenvalue weighted by atomic mass is 35.5. The minimum atomic E-state index is -0.815. The summed E-state index contributed by atoms with van der Waals surface area (Å²) in [5.74, 6) is -0.815. The first-order valence-corrected chi connectivity index (χ1v) is 7.04. The van der Waals surface area contributed by atoms with Gasteiger partial charge in [-0.25, -0.2) is 0 Å². The highest BCUT2D eigenvalue weighted by Gasteiger charge is 2.28. The predicted molar refractivity (Wildman–Crippen MR) is 81.6 cm³/mol. The maximum absolute atomic E-state index is 10.7. The topological polar surface area (TPSA) is 52.6 Å². The van der Waals surface area contributed by atoms with Crippen LogP contribution >= 0.6 is 12.4 Å². The molecule has 1 aliphatic heterocycles. The molecule has 0 aromatic heterocycles. The van der Waals surface area contributed by atoms with Crippen LogP contribution in [0.2, 0.25) is 0 Å². The van der Waals surface area contributed by atoms with E-state index in [9.17, 15) is 4.79 Å². The fourth-order valence-electron chi connectivity index (χ4n) is 3.03. The van der Waals surface area contributed by atoms with Crippen molar-refractivity contribution >= 4 is 24.1 Å². The van der Waals surface area contributed by atoms with Crippen LogP contribution < -0.4 is 5.32 Å². The zero-order valence-corrected chi connectivity index (χ0v) is 12.3. The Kier molecular flexibility index (Phi) is 4.89. The molecule has 1 heterocycles. The Bertz CT molecular complexity index is 489. The van der Waals surface area contributed by atoms with Crippen LogP contribution in [0, 0.1) is 0 Å². The van der Waals surface area contributed by atoms with Crippen LogP contribution in [0.1, 0.15) is 30.4 Å². The molecule has 1 aromatic rings. The van der Waals surface area contributed by atoms with Crippen molar-refractivity contribution in [3.63, 3.8) is 0 Å². The largest absolute Gasteiger partial charge is 0.480 e. The van der Waals surface area contributed by atoms with Gasteiger partial charge in [0.25, 0.3) is 0 Å². The molecule has 0 spiro atoms. The van der Waals surface area contributed by atoms with E-state index in [1.54, 1.807) is 0 Å². The number of halogens is 1. The molecule has 0 atom stereocenters. The number of nitrogens with zero attached hydrogens (tertiary/aromatic N) is 1. The number of anilines is 1. The summed E-state index contributed by atoms with van der Waals surface area (Å²) in [6, 6.07) is 6.96. The van der Waals surface area contributed by atoms with Crippen molar-refractivity contribution in [3.05, 3.63) is 29.3 Å². The summed E-state index contributed by atoms with van der Waals surface area (Å²) in [4.78, 5) is 13.2. The molecule has 5 heteroatoms. The fourth-order valence-corrected chi connectivity index (χ4v) is 3.03. The first kappa shape index (κ1) is 15.1. The maximum atomic E-state index is 10.7. The number of rotatable bonds is 4. The van der Waals surface area contributed by atoms with Gasteiger partial charge in [-0.1, -0.05) is 18.6 Å². The van der Waals surface area contributed by atoms with Crippen molar-refractivity contribution in [1.29, 1.82) is 0 Å². The third kappa shape index (κ3) is 3.07. The van der Waals surface area contributed by atoms with Gasteiger partial charge in [0.05, 0.1) is 0 Å². The van der Waals surface area contributed by atoms with E-state index >= 15 is 0 Å². The Hall–Kier alpha value is -1.26. The molecule has 0 radical (unpaired) electrons. The van der Waals surface area contributed by atoms with E-state index in [4.69, 9.17) is 5.11 Å². The normalized spacial score (nSPS) is 18.6. The van der Waals surface area contributed by atoms with E-state index in [-0.39, 0.29) is 19.0 Å². The Labute approximate surface area is 125 Å². The van der Waals surface area contributed by atoms with Gasteiger partial charge in [0, 0.05) is 24.8 Å². The molecular formula is C15H21ClN2O2.